The summed E-state index contributed by atoms with van der Waals surface area (Å²) < 4.78 is 18.2. The van der Waals surface area contributed by atoms with Crippen molar-refractivity contribution in [3.05, 3.63) is 76.6 Å². The molecule has 0 saturated heterocycles. The van der Waals surface area contributed by atoms with Gasteiger partial charge in [-0.15, -0.1) is 0 Å². The Bertz CT molecular complexity index is 733. The van der Waals surface area contributed by atoms with Crippen LogP contribution in [-0.2, 0) is 9.53 Å². The second-order valence-electron chi connectivity index (χ2n) is 4.74. The van der Waals surface area contributed by atoms with Crippen molar-refractivity contribution in [2.45, 2.75) is 6.92 Å². The maximum Gasteiger partial charge on any atom is 0.330 e. The minimum Gasteiger partial charge on any atom is -0.466 e. The van der Waals surface area contributed by atoms with Gasteiger partial charge in [-0.1, -0.05) is 30.3 Å². The van der Waals surface area contributed by atoms with Crippen molar-refractivity contribution < 1.29 is 18.7 Å². The summed E-state index contributed by atoms with van der Waals surface area (Å²) in [6, 6.07) is 11.1. The van der Waals surface area contributed by atoms with E-state index in [0.29, 0.717) is 16.7 Å². The van der Waals surface area contributed by atoms with Gasteiger partial charge in [-0.3, -0.25) is 4.79 Å². The summed E-state index contributed by atoms with van der Waals surface area (Å²) in [6.45, 7) is 1.68. The number of hydrogen-bond acceptors (Lipinski definition) is 3. The van der Waals surface area contributed by atoms with Gasteiger partial charge in [0.2, 0.25) is 0 Å². The normalized spacial score (nSPS) is 10.7. The quantitative estimate of drug-likeness (QED) is 0.492. The fourth-order valence-corrected chi connectivity index (χ4v) is 2.13. The molecular weight excluding hydrogens is 283 g/mol. The molecule has 112 valence electrons. The second-order valence-corrected chi connectivity index (χ2v) is 4.74. The Hall–Kier alpha value is -2.75. The highest BCUT2D eigenvalue weighted by atomic mass is 19.1. The first kappa shape index (κ1) is 15.6. The van der Waals surface area contributed by atoms with Crippen LogP contribution in [0.5, 0.6) is 0 Å². The third-order valence-electron chi connectivity index (χ3n) is 3.22. The molecule has 0 aliphatic heterocycles. The maximum absolute atomic E-state index is 13.7. The van der Waals surface area contributed by atoms with Gasteiger partial charge in [0.05, 0.1) is 7.11 Å². The molecule has 0 saturated carbocycles. The van der Waals surface area contributed by atoms with Gasteiger partial charge < -0.3 is 4.74 Å². The molecule has 0 aromatic heterocycles. The first-order valence-electron chi connectivity index (χ1n) is 6.69. The highest BCUT2D eigenvalue weighted by molar-refractivity contribution is 6.11. The topological polar surface area (TPSA) is 43.4 Å². The zero-order valence-electron chi connectivity index (χ0n) is 12.3. The van der Waals surface area contributed by atoms with Gasteiger partial charge in [0, 0.05) is 17.2 Å². The molecule has 0 heterocycles. The summed E-state index contributed by atoms with van der Waals surface area (Å²) in [6.07, 6.45) is 2.68. The number of carbonyl (C=O) groups is 2. The lowest BCUT2D eigenvalue weighted by Gasteiger charge is -2.09. The Balaban J connectivity index is 2.52. The molecule has 2 rings (SSSR count). The lowest BCUT2D eigenvalue weighted by molar-refractivity contribution is -0.134. The predicted molar refractivity (Wildman–Crippen MR) is 82.1 cm³/mol. The van der Waals surface area contributed by atoms with Crippen LogP contribution in [0, 0.1) is 12.7 Å². The van der Waals surface area contributed by atoms with Crippen LogP contribution in [0.25, 0.3) is 6.08 Å². The molecule has 0 atom stereocenters. The van der Waals surface area contributed by atoms with Crippen molar-refractivity contribution >= 4 is 17.8 Å². The van der Waals surface area contributed by atoms with Crippen LogP contribution < -0.4 is 0 Å². The minimum atomic E-state index is -0.540. The Labute approximate surface area is 128 Å². The van der Waals surface area contributed by atoms with Gasteiger partial charge in [-0.2, -0.15) is 0 Å². The number of benzene rings is 2. The van der Waals surface area contributed by atoms with Crippen LogP contribution in [0.2, 0.25) is 0 Å². The van der Waals surface area contributed by atoms with Crippen LogP contribution >= 0.6 is 0 Å². The van der Waals surface area contributed by atoms with E-state index in [0.717, 1.165) is 0 Å². The summed E-state index contributed by atoms with van der Waals surface area (Å²) in [5.74, 6) is -1.33. The Kier molecular flexibility index (Phi) is 4.84. The van der Waals surface area contributed by atoms with E-state index in [4.69, 9.17) is 0 Å². The van der Waals surface area contributed by atoms with Crippen LogP contribution in [0.15, 0.2) is 48.5 Å². The lowest BCUT2D eigenvalue weighted by atomic mass is 9.94. The number of rotatable bonds is 4. The number of halogens is 1. The average molecular weight is 298 g/mol. The van der Waals surface area contributed by atoms with E-state index >= 15 is 0 Å². The number of esters is 1. The largest absolute Gasteiger partial charge is 0.466 e. The van der Waals surface area contributed by atoms with Crippen molar-refractivity contribution in [3.8, 4) is 0 Å². The third kappa shape index (κ3) is 3.47. The molecule has 2 aromatic carbocycles. The smallest absolute Gasteiger partial charge is 0.330 e. The summed E-state index contributed by atoms with van der Waals surface area (Å²) in [4.78, 5) is 23.8. The molecule has 0 amide bonds. The monoisotopic (exact) mass is 298 g/mol. The van der Waals surface area contributed by atoms with Crippen LogP contribution in [0.1, 0.15) is 27.0 Å². The number of methoxy groups -OCH3 is 1. The minimum absolute atomic E-state index is 0.212. The van der Waals surface area contributed by atoms with E-state index in [2.05, 4.69) is 4.74 Å². The van der Waals surface area contributed by atoms with Crippen LogP contribution in [-0.4, -0.2) is 18.9 Å². The lowest BCUT2D eigenvalue weighted by Crippen LogP contribution is -2.06. The highest BCUT2D eigenvalue weighted by Crippen LogP contribution is 2.21. The molecular formula is C18H15FO3. The molecule has 0 spiro atoms. The number of aryl methyl sites for hydroxylation is 1. The van der Waals surface area contributed by atoms with Gasteiger partial charge in [0.15, 0.2) is 5.78 Å². The predicted octanol–water partition coefficient (Wildman–Crippen LogP) is 3.55. The SMILES string of the molecule is COC(=O)/C=C/c1c(C)cc(F)cc1C(=O)c1ccccc1. The van der Waals surface area contributed by atoms with Crippen molar-refractivity contribution in [1.82, 2.24) is 0 Å². The zero-order valence-corrected chi connectivity index (χ0v) is 12.3. The summed E-state index contributed by atoms with van der Waals surface area (Å²) in [5.41, 5.74) is 1.74. The fraction of sp³-hybridized carbons (Fsp3) is 0.111. The van der Waals surface area contributed by atoms with Crippen molar-refractivity contribution in [1.29, 1.82) is 0 Å². The van der Waals surface area contributed by atoms with Crippen molar-refractivity contribution in [3.63, 3.8) is 0 Å². The zero-order chi connectivity index (χ0) is 16.1. The third-order valence-corrected chi connectivity index (χ3v) is 3.22. The molecule has 0 fully saturated rings. The molecule has 4 heteroatoms. The van der Waals surface area contributed by atoms with E-state index in [9.17, 15) is 14.0 Å². The summed E-state index contributed by atoms with van der Waals surface area (Å²) >= 11 is 0. The number of carbonyl (C=O) groups excluding carboxylic acids is 2. The molecule has 3 nitrogen and oxygen atoms in total. The molecule has 0 radical (unpaired) electrons. The Morgan fingerprint density at radius 3 is 2.45 bits per heavy atom. The van der Waals surface area contributed by atoms with E-state index in [1.165, 1.54) is 31.4 Å². The molecule has 0 bridgehead atoms. The van der Waals surface area contributed by atoms with Crippen molar-refractivity contribution in [2.24, 2.45) is 0 Å². The molecule has 2 aromatic rings. The second kappa shape index (κ2) is 6.80. The molecule has 0 unspecified atom stereocenters. The first-order chi connectivity index (χ1) is 10.5. The van der Waals surface area contributed by atoms with Gasteiger partial charge in [0.1, 0.15) is 5.82 Å². The molecule has 0 aliphatic rings. The maximum atomic E-state index is 13.7. The summed E-state index contributed by atoms with van der Waals surface area (Å²) in [5, 5.41) is 0. The Morgan fingerprint density at radius 1 is 1.14 bits per heavy atom. The van der Waals surface area contributed by atoms with Gasteiger partial charge in [-0.05, 0) is 36.3 Å². The standard InChI is InChI=1S/C18H15FO3/c1-12-10-14(19)11-16(15(12)8-9-17(20)22-2)18(21)13-6-4-3-5-7-13/h3-11H,1-2H3/b9-8+. The van der Waals surface area contributed by atoms with Gasteiger partial charge >= 0.3 is 5.97 Å². The van der Waals surface area contributed by atoms with Crippen LogP contribution in [0.3, 0.4) is 0 Å². The van der Waals surface area contributed by atoms with E-state index in [-0.39, 0.29) is 11.3 Å². The summed E-state index contributed by atoms with van der Waals surface area (Å²) in [7, 11) is 1.26. The molecule has 0 aliphatic carbocycles. The Morgan fingerprint density at radius 2 is 1.82 bits per heavy atom. The van der Waals surface area contributed by atoms with Gasteiger partial charge in [-0.25, -0.2) is 9.18 Å². The van der Waals surface area contributed by atoms with Crippen molar-refractivity contribution in [2.75, 3.05) is 7.11 Å². The van der Waals surface area contributed by atoms with Crippen LogP contribution in [0.4, 0.5) is 4.39 Å². The number of hydrogen-bond donors (Lipinski definition) is 0. The molecule has 22 heavy (non-hydrogen) atoms. The van der Waals surface area contributed by atoms with E-state index in [1.807, 2.05) is 0 Å². The average Bonchev–Trinajstić information content (AvgIpc) is 2.53. The number of ether oxygens (including phenoxy) is 1. The highest BCUT2D eigenvalue weighted by Gasteiger charge is 2.15. The first-order valence-corrected chi connectivity index (χ1v) is 6.69. The van der Waals surface area contributed by atoms with E-state index < -0.39 is 11.8 Å². The van der Waals surface area contributed by atoms with E-state index in [1.54, 1.807) is 37.3 Å². The molecule has 0 N–H and O–H groups in total. The van der Waals surface area contributed by atoms with Gasteiger partial charge in [0.25, 0.3) is 0 Å². The number of ketones is 1. The fourth-order valence-electron chi connectivity index (χ4n) is 2.13.